The lowest BCUT2D eigenvalue weighted by molar-refractivity contribution is -0.139. The van der Waals surface area contributed by atoms with E-state index in [2.05, 4.69) is 0 Å². The second kappa shape index (κ2) is 3.21. The topological polar surface area (TPSA) is 69.6 Å². The SMILES string of the molecule is O=C1Cc2ccccc2C(=O)N1NO. The molecule has 0 spiro atoms. The van der Waals surface area contributed by atoms with Gasteiger partial charge >= 0.3 is 0 Å². The lowest BCUT2D eigenvalue weighted by Gasteiger charge is -2.24. The molecule has 0 unspecified atom stereocenters. The van der Waals surface area contributed by atoms with Gasteiger partial charge in [0.1, 0.15) is 0 Å². The number of imide groups is 1. The molecule has 2 amide bonds. The van der Waals surface area contributed by atoms with E-state index in [0.717, 1.165) is 0 Å². The quantitative estimate of drug-likeness (QED) is 0.489. The van der Waals surface area contributed by atoms with Crippen molar-refractivity contribution in [1.82, 2.24) is 10.6 Å². The molecule has 0 aromatic heterocycles. The summed E-state index contributed by atoms with van der Waals surface area (Å²) in [6.07, 6.45) is 0.121. The Morgan fingerprint density at radius 2 is 2.00 bits per heavy atom. The minimum Gasteiger partial charge on any atom is -0.297 e. The molecule has 0 saturated carbocycles. The zero-order chi connectivity index (χ0) is 10.1. The third-order valence-corrected chi connectivity index (χ3v) is 2.14. The summed E-state index contributed by atoms with van der Waals surface area (Å²) in [4.78, 5) is 22.8. The Morgan fingerprint density at radius 1 is 1.29 bits per heavy atom. The summed E-state index contributed by atoms with van der Waals surface area (Å²) in [5.74, 6) is -0.990. The number of hydrazine groups is 1. The van der Waals surface area contributed by atoms with Crippen LogP contribution in [0.5, 0.6) is 0 Å². The summed E-state index contributed by atoms with van der Waals surface area (Å²) in [7, 11) is 0. The van der Waals surface area contributed by atoms with E-state index in [1.54, 1.807) is 29.9 Å². The molecule has 0 radical (unpaired) electrons. The van der Waals surface area contributed by atoms with Gasteiger partial charge in [0.05, 0.1) is 6.42 Å². The molecule has 0 bridgehead atoms. The number of amides is 2. The molecule has 1 aromatic carbocycles. The lowest BCUT2D eigenvalue weighted by atomic mass is 10.00. The number of rotatable bonds is 1. The van der Waals surface area contributed by atoms with Crippen LogP contribution in [0.4, 0.5) is 0 Å². The molecule has 0 saturated heterocycles. The van der Waals surface area contributed by atoms with Crippen molar-refractivity contribution in [2.75, 3.05) is 0 Å². The van der Waals surface area contributed by atoms with Gasteiger partial charge in [0.25, 0.3) is 5.91 Å². The first-order chi connectivity index (χ1) is 6.74. The molecule has 1 aliphatic rings. The fourth-order valence-corrected chi connectivity index (χ4v) is 1.46. The fraction of sp³-hybridized carbons (Fsp3) is 0.111. The van der Waals surface area contributed by atoms with Crippen LogP contribution in [0.25, 0.3) is 0 Å². The molecule has 1 heterocycles. The Morgan fingerprint density at radius 3 is 2.71 bits per heavy atom. The van der Waals surface area contributed by atoms with Gasteiger partial charge in [0, 0.05) is 5.56 Å². The molecule has 2 rings (SSSR count). The molecular formula is C9H8N2O3. The van der Waals surface area contributed by atoms with Crippen LogP contribution in [-0.4, -0.2) is 22.0 Å². The van der Waals surface area contributed by atoms with E-state index >= 15 is 0 Å². The van der Waals surface area contributed by atoms with Crippen LogP contribution in [0.1, 0.15) is 15.9 Å². The summed E-state index contributed by atoms with van der Waals surface area (Å²) >= 11 is 0. The Hall–Kier alpha value is -1.72. The molecule has 14 heavy (non-hydrogen) atoms. The largest absolute Gasteiger partial charge is 0.297 e. The molecule has 1 aliphatic heterocycles. The van der Waals surface area contributed by atoms with E-state index in [4.69, 9.17) is 5.21 Å². The number of benzene rings is 1. The molecule has 0 fully saturated rings. The molecule has 1 aromatic rings. The first-order valence-electron chi connectivity index (χ1n) is 4.09. The second-order valence-corrected chi connectivity index (χ2v) is 2.97. The number of nitrogens with zero attached hydrogens (tertiary/aromatic N) is 1. The van der Waals surface area contributed by atoms with E-state index in [1.807, 2.05) is 0 Å². The Kier molecular flexibility index (Phi) is 2.03. The van der Waals surface area contributed by atoms with Gasteiger partial charge in [-0.2, -0.15) is 5.01 Å². The third kappa shape index (κ3) is 1.19. The smallest absolute Gasteiger partial charge is 0.277 e. The molecule has 5 heteroatoms. The summed E-state index contributed by atoms with van der Waals surface area (Å²) in [6, 6.07) is 6.82. The van der Waals surface area contributed by atoms with Gasteiger partial charge < -0.3 is 0 Å². The number of carbonyl (C=O) groups is 2. The maximum atomic E-state index is 11.5. The minimum absolute atomic E-state index is 0.121. The van der Waals surface area contributed by atoms with Crippen molar-refractivity contribution in [2.45, 2.75) is 6.42 Å². The molecule has 0 atom stereocenters. The van der Waals surface area contributed by atoms with Gasteiger partial charge in [-0.25, -0.2) is 0 Å². The molecule has 0 aliphatic carbocycles. The molecule has 2 N–H and O–H groups in total. The van der Waals surface area contributed by atoms with Gasteiger partial charge in [-0.15, -0.1) is 5.59 Å². The Balaban J connectivity index is 2.49. The van der Waals surface area contributed by atoms with Crippen LogP contribution in [0.2, 0.25) is 0 Å². The summed E-state index contributed by atoms with van der Waals surface area (Å²) in [5, 5.41) is 9.19. The van der Waals surface area contributed by atoms with Crippen molar-refractivity contribution in [2.24, 2.45) is 0 Å². The van der Waals surface area contributed by atoms with Gasteiger partial charge in [-0.1, -0.05) is 18.2 Å². The molecule has 72 valence electrons. The van der Waals surface area contributed by atoms with Gasteiger partial charge in [0.15, 0.2) is 0 Å². The van der Waals surface area contributed by atoms with Crippen LogP contribution < -0.4 is 5.59 Å². The van der Waals surface area contributed by atoms with Crippen molar-refractivity contribution in [3.05, 3.63) is 35.4 Å². The zero-order valence-corrected chi connectivity index (χ0v) is 7.23. The predicted molar refractivity (Wildman–Crippen MR) is 46.2 cm³/mol. The lowest BCUT2D eigenvalue weighted by Crippen LogP contribution is -2.49. The summed E-state index contributed by atoms with van der Waals surface area (Å²) in [5.41, 5.74) is 2.71. The Labute approximate surface area is 79.9 Å². The van der Waals surface area contributed by atoms with Gasteiger partial charge in [0.2, 0.25) is 5.91 Å². The van der Waals surface area contributed by atoms with E-state index in [9.17, 15) is 9.59 Å². The van der Waals surface area contributed by atoms with Crippen LogP contribution in [0.3, 0.4) is 0 Å². The van der Waals surface area contributed by atoms with E-state index in [-0.39, 0.29) is 6.42 Å². The summed E-state index contributed by atoms with van der Waals surface area (Å²) < 4.78 is 0. The molecular weight excluding hydrogens is 184 g/mol. The second-order valence-electron chi connectivity index (χ2n) is 2.97. The highest BCUT2D eigenvalue weighted by molar-refractivity contribution is 6.09. The minimum atomic E-state index is -0.528. The Bertz CT molecular complexity index is 403. The van der Waals surface area contributed by atoms with Crippen molar-refractivity contribution >= 4 is 11.8 Å². The monoisotopic (exact) mass is 192 g/mol. The van der Waals surface area contributed by atoms with Crippen molar-refractivity contribution in [1.29, 1.82) is 0 Å². The average molecular weight is 192 g/mol. The zero-order valence-electron chi connectivity index (χ0n) is 7.23. The normalized spacial score (nSPS) is 15.6. The van der Waals surface area contributed by atoms with E-state index in [0.29, 0.717) is 16.1 Å². The van der Waals surface area contributed by atoms with Gasteiger partial charge in [-0.05, 0) is 11.6 Å². The standard InChI is InChI=1S/C9H8N2O3/c12-8-5-6-3-1-2-4-7(6)9(13)11(8)10-14/h1-4,10,14H,5H2. The number of hydrogen-bond donors (Lipinski definition) is 2. The summed E-state index contributed by atoms with van der Waals surface area (Å²) in [6.45, 7) is 0. The third-order valence-electron chi connectivity index (χ3n) is 2.14. The van der Waals surface area contributed by atoms with Crippen LogP contribution in [0, 0.1) is 0 Å². The number of fused-ring (bicyclic) bond motifs is 1. The van der Waals surface area contributed by atoms with Crippen molar-refractivity contribution < 1.29 is 14.8 Å². The van der Waals surface area contributed by atoms with Crippen molar-refractivity contribution in [3.8, 4) is 0 Å². The van der Waals surface area contributed by atoms with Crippen LogP contribution in [0.15, 0.2) is 24.3 Å². The van der Waals surface area contributed by atoms with E-state index in [1.165, 1.54) is 0 Å². The van der Waals surface area contributed by atoms with Crippen molar-refractivity contribution in [3.63, 3.8) is 0 Å². The maximum absolute atomic E-state index is 11.5. The number of hydrogen-bond acceptors (Lipinski definition) is 4. The first-order valence-corrected chi connectivity index (χ1v) is 4.09. The molecule has 5 nitrogen and oxygen atoms in total. The average Bonchev–Trinajstić information content (AvgIpc) is 2.18. The highest BCUT2D eigenvalue weighted by Gasteiger charge is 2.30. The first kappa shape index (κ1) is 8.86. The fourth-order valence-electron chi connectivity index (χ4n) is 1.46. The highest BCUT2D eigenvalue weighted by Crippen LogP contribution is 2.17. The van der Waals surface area contributed by atoms with Crippen LogP contribution >= 0.6 is 0 Å². The van der Waals surface area contributed by atoms with Gasteiger partial charge in [-0.3, -0.25) is 14.8 Å². The number of carbonyl (C=O) groups excluding carboxylic acids is 2. The maximum Gasteiger partial charge on any atom is 0.277 e. The number of nitrogens with one attached hydrogen (secondary N) is 1. The van der Waals surface area contributed by atoms with Crippen LogP contribution in [-0.2, 0) is 11.2 Å². The van der Waals surface area contributed by atoms with E-state index < -0.39 is 11.8 Å². The highest BCUT2D eigenvalue weighted by atomic mass is 16.5. The predicted octanol–water partition coefficient (Wildman–Crippen LogP) is 0.105.